The van der Waals surface area contributed by atoms with Crippen molar-refractivity contribution in [2.45, 2.75) is 119 Å². The van der Waals surface area contributed by atoms with E-state index in [0.29, 0.717) is 48.7 Å². The van der Waals surface area contributed by atoms with Crippen LogP contribution >= 0.6 is 0 Å². The van der Waals surface area contributed by atoms with Crippen LogP contribution in [0.4, 0.5) is 0 Å². The maximum atomic E-state index is 12.2. The van der Waals surface area contributed by atoms with E-state index >= 15 is 0 Å². The average molecular weight is 687 g/mol. The van der Waals surface area contributed by atoms with E-state index in [4.69, 9.17) is 24.8 Å². The van der Waals surface area contributed by atoms with Gasteiger partial charge in [-0.3, -0.25) is 0 Å². The first kappa shape index (κ1) is 45.3. The third kappa shape index (κ3) is 20.4. The summed E-state index contributed by atoms with van der Waals surface area (Å²) in [5, 5.41) is 25.7. The molecule has 0 fully saturated rings. The highest BCUT2D eigenvalue weighted by Gasteiger charge is 2.15. The van der Waals surface area contributed by atoms with Crippen molar-refractivity contribution in [2.75, 3.05) is 19.8 Å². The third-order valence-electron chi connectivity index (χ3n) is 8.52. The van der Waals surface area contributed by atoms with Crippen LogP contribution in [0.3, 0.4) is 0 Å². The van der Waals surface area contributed by atoms with Crippen LogP contribution in [0.2, 0.25) is 0 Å². The average Bonchev–Trinajstić information content (AvgIpc) is 3.12. The Morgan fingerprint density at radius 3 is 1.04 bits per heavy atom. The Morgan fingerprint density at radius 2 is 0.796 bits per heavy atom. The minimum Gasteiger partial charge on any atom is -0.478 e. The van der Waals surface area contributed by atoms with Gasteiger partial charge in [0.15, 0.2) is 0 Å². The number of esters is 2. The number of unbranched alkanes of at least 4 members (excludes halogenated alkanes) is 3. The number of carboxylic acids is 2. The molecule has 0 saturated carbocycles. The number of ether oxygens (including phenoxy) is 2. The van der Waals surface area contributed by atoms with Crippen LogP contribution in [0, 0.1) is 17.8 Å². The van der Waals surface area contributed by atoms with Crippen LogP contribution in [0.15, 0.2) is 48.5 Å². The van der Waals surface area contributed by atoms with Crippen molar-refractivity contribution >= 4 is 23.9 Å². The summed E-state index contributed by atoms with van der Waals surface area (Å²) in [4.78, 5) is 45.1. The SMILES string of the molecule is CCCCC(CC)CO.CCCCC(CC)COC(=O)c1ccc(C(=O)OCC(CC)CCCC)cc1.O=C(O)c1ccc(C(=O)O)cc1. The zero-order valence-corrected chi connectivity index (χ0v) is 30.7. The van der Waals surface area contributed by atoms with Crippen LogP contribution < -0.4 is 0 Å². The van der Waals surface area contributed by atoms with E-state index in [2.05, 4.69) is 41.5 Å². The normalized spacial score (nSPS) is 12.2. The summed E-state index contributed by atoms with van der Waals surface area (Å²) in [6.45, 7) is 14.2. The summed E-state index contributed by atoms with van der Waals surface area (Å²) >= 11 is 0. The van der Waals surface area contributed by atoms with Gasteiger partial charge in [0.05, 0.1) is 35.5 Å². The van der Waals surface area contributed by atoms with Crippen molar-refractivity contribution in [3.05, 3.63) is 70.8 Å². The minimum absolute atomic E-state index is 0.0833. The fraction of sp³-hybridized carbons (Fsp3) is 0.600. The molecule has 0 heterocycles. The van der Waals surface area contributed by atoms with Crippen LogP contribution in [-0.2, 0) is 9.47 Å². The Kier molecular flexibility index (Phi) is 26.0. The highest BCUT2D eigenvalue weighted by atomic mass is 16.5. The van der Waals surface area contributed by atoms with E-state index in [1.807, 2.05) is 0 Å². The maximum Gasteiger partial charge on any atom is 0.338 e. The van der Waals surface area contributed by atoms with Gasteiger partial charge < -0.3 is 24.8 Å². The summed E-state index contributed by atoms with van der Waals surface area (Å²) < 4.78 is 10.9. The predicted molar refractivity (Wildman–Crippen MR) is 194 cm³/mol. The number of carbonyl (C=O) groups excluding carboxylic acids is 2. The molecule has 3 N–H and O–H groups in total. The molecule has 0 aliphatic rings. The molecule has 276 valence electrons. The lowest BCUT2D eigenvalue weighted by Gasteiger charge is -2.15. The number of carboxylic acid groups (broad SMARTS) is 2. The van der Waals surface area contributed by atoms with Gasteiger partial charge in [-0.2, -0.15) is 0 Å². The number of benzene rings is 2. The molecule has 0 radical (unpaired) electrons. The number of carbonyl (C=O) groups is 4. The van der Waals surface area contributed by atoms with Gasteiger partial charge in [0.1, 0.15) is 0 Å². The zero-order valence-electron chi connectivity index (χ0n) is 30.7. The highest BCUT2D eigenvalue weighted by molar-refractivity contribution is 5.93. The highest BCUT2D eigenvalue weighted by Crippen LogP contribution is 2.16. The van der Waals surface area contributed by atoms with Crippen molar-refractivity contribution in [1.82, 2.24) is 0 Å². The maximum absolute atomic E-state index is 12.2. The second-order valence-electron chi connectivity index (χ2n) is 12.4. The van der Waals surface area contributed by atoms with Crippen molar-refractivity contribution < 1.29 is 44.0 Å². The zero-order chi connectivity index (χ0) is 37.0. The summed E-state index contributed by atoms with van der Waals surface area (Å²) in [6, 6.07) is 11.6. The third-order valence-corrected chi connectivity index (χ3v) is 8.52. The predicted octanol–water partition coefficient (Wildman–Crippen LogP) is 9.71. The topological polar surface area (TPSA) is 147 Å². The first-order valence-corrected chi connectivity index (χ1v) is 18.1. The van der Waals surface area contributed by atoms with Gasteiger partial charge in [-0.15, -0.1) is 0 Å². The number of hydrogen-bond donors (Lipinski definition) is 3. The second-order valence-corrected chi connectivity index (χ2v) is 12.4. The lowest BCUT2D eigenvalue weighted by molar-refractivity contribution is 0.0414. The van der Waals surface area contributed by atoms with Gasteiger partial charge in [0.25, 0.3) is 0 Å². The molecule has 0 bridgehead atoms. The molecule has 2 rings (SSSR count). The molecule has 49 heavy (non-hydrogen) atoms. The monoisotopic (exact) mass is 686 g/mol. The fourth-order valence-corrected chi connectivity index (χ4v) is 4.77. The Hall–Kier alpha value is -3.72. The molecule has 2 aromatic carbocycles. The number of aromatic carboxylic acids is 2. The molecule has 0 aromatic heterocycles. The molecule has 3 unspecified atom stereocenters. The van der Waals surface area contributed by atoms with Gasteiger partial charge >= 0.3 is 23.9 Å². The van der Waals surface area contributed by atoms with Gasteiger partial charge in [0.2, 0.25) is 0 Å². The molecule has 0 aliphatic carbocycles. The number of hydrogen-bond acceptors (Lipinski definition) is 7. The minimum atomic E-state index is -1.06. The molecule has 0 amide bonds. The lowest BCUT2D eigenvalue weighted by atomic mass is 10.0. The van der Waals surface area contributed by atoms with Crippen molar-refractivity contribution in [1.29, 1.82) is 0 Å². The molecule has 0 aliphatic heterocycles. The van der Waals surface area contributed by atoms with E-state index in [1.54, 1.807) is 24.3 Å². The summed E-state index contributed by atoms with van der Waals surface area (Å²) in [7, 11) is 0. The first-order valence-electron chi connectivity index (χ1n) is 18.1. The summed E-state index contributed by atoms with van der Waals surface area (Å²) in [6.07, 6.45) is 13.6. The van der Waals surface area contributed by atoms with Crippen molar-refractivity contribution in [2.24, 2.45) is 17.8 Å². The number of aliphatic hydroxyl groups is 1. The van der Waals surface area contributed by atoms with Gasteiger partial charge in [-0.05, 0) is 85.5 Å². The van der Waals surface area contributed by atoms with E-state index in [9.17, 15) is 19.2 Å². The summed E-state index contributed by atoms with van der Waals surface area (Å²) in [5.74, 6) is -1.40. The van der Waals surface area contributed by atoms with Gasteiger partial charge in [-0.1, -0.05) is 99.3 Å². The van der Waals surface area contributed by atoms with Crippen LogP contribution in [0.5, 0.6) is 0 Å². The molecule has 9 heteroatoms. The molecule has 0 spiro atoms. The number of aliphatic hydroxyl groups excluding tert-OH is 1. The molecular formula is C40H62O9. The number of rotatable bonds is 21. The Labute approximate surface area is 294 Å². The largest absolute Gasteiger partial charge is 0.478 e. The molecule has 0 saturated heterocycles. The lowest BCUT2D eigenvalue weighted by Crippen LogP contribution is -2.15. The Balaban J connectivity index is 0.000000892. The standard InChI is InChI=1S/C24H38O4.C8H6O4.C8H18O/c1-5-9-11-19(7-3)17-27-23(25)21-13-15-22(16-14-21)24(26)28-18-20(8-4)12-10-6-2;9-7(10)5-1-2-6(4-3-5)8(11)12;1-3-5-6-8(4-2)7-9/h13-16,19-20H,5-12,17-18H2,1-4H3;1-4H,(H,9,10)(H,11,12);8-9H,3-7H2,1-2H3. The van der Waals surface area contributed by atoms with E-state index < -0.39 is 11.9 Å². The van der Waals surface area contributed by atoms with Crippen LogP contribution in [0.1, 0.15) is 160 Å². The van der Waals surface area contributed by atoms with E-state index in [0.717, 1.165) is 57.8 Å². The van der Waals surface area contributed by atoms with Gasteiger partial charge in [0, 0.05) is 6.61 Å². The fourth-order valence-electron chi connectivity index (χ4n) is 4.77. The Morgan fingerprint density at radius 1 is 0.510 bits per heavy atom. The van der Waals surface area contributed by atoms with E-state index in [-0.39, 0.29) is 23.1 Å². The molecule has 2 aromatic rings. The van der Waals surface area contributed by atoms with Crippen LogP contribution in [-0.4, -0.2) is 59.0 Å². The van der Waals surface area contributed by atoms with Gasteiger partial charge in [-0.25, -0.2) is 19.2 Å². The Bertz CT molecular complexity index is 1090. The molecule has 3 atom stereocenters. The quantitative estimate of drug-likeness (QED) is 0.109. The van der Waals surface area contributed by atoms with Crippen LogP contribution in [0.25, 0.3) is 0 Å². The smallest absolute Gasteiger partial charge is 0.338 e. The molecular weight excluding hydrogens is 624 g/mol. The van der Waals surface area contributed by atoms with Crippen molar-refractivity contribution in [3.63, 3.8) is 0 Å². The van der Waals surface area contributed by atoms with E-state index in [1.165, 1.54) is 43.5 Å². The van der Waals surface area contributed by atoms with Crippen molar-refractivity contribution in [3.8, 4) is 0 Å². The summed E-state index contributed by atoms with van der Waals surface area (Å²) in [5.41, 5.74) is 1.10. The second kappa shape index (κ2) is 28.2. The first-order chi connectivity index (χ1) is 23.5. The molecule has 9 nitrogen and oxygen atoms in total.